The van der Waals surface area contributed by atoms with Gasteiger partial charge in [-0.2, -0.15) is 0 Å². The van der Waals surface area contributed by atoms with Crippen LogP contribution < -0.4 is 5.32 Å². The first-order chi connectivity index (χ1) is 9.49. The topological polar surface area (TPSA) is 59.9 Å². The number of hydrogen-bond acceptors (Lipinski definition) is 6. The van der Waals surface area contributed by atoms with Gasteiger partial charge in [-0.05, 0) is 20.8 Å². The minimum atomic E-state index is 0.0705. The SMILES string of the molecule is COCc1nc(-c2cnccn2)sc1CNC(C)(C)C. The van der Waals surface area contributed by atoms with Crippen LogP contribution in [0.1, 0.15) is 31.3 Å². The zero-order chi connectivity index (χ0) is 14.6. The zero-order valence-corrected chi connectivity index (χ0v) is 13.1. The lowest BCUT2D eigenvalue weighted by molar-refractivity contribution is 0.181. The van der Waals surface area contributed by atoms with Crippen LogP contribution >= 0.6 is 11.3 Å². The van der Waals surface area contributed by atoms with Crippen molar-refractivity contribution in [3.63, 3.8) is 0 Å². The summed E-state index contributed by atoms with van der Waals surface area (Å²) < 4.78 is 5.23. The van der Waals surface area contributed by atoms with Crippen LogP contribution in [0.3, 0.4) is 0 Å². The first-order valence-electron chi connectivity index (χ1n) is 6.48. The highest BCUT2D eigenvalue weighted by molar-refractivity contribution is 7.15. The van der Waals surface area contributed by atoms with Crippen LogP contribution in [0.25, 0.3) is 10.7 Å². The van der Waals surface area contributed by atoms with Crippen LogP contribution in [0.4, 0.5) is 0 Å². The van der Waals surface area contributed by atoms with E-state index in [0.29, 0.717) is 6.61 Å². The lowest BCUT2D eigenvalue weighted by Gasteiger charge is -2.20. The van der Waals surface area contributed by atoms with Crippen molar-refractivity contribution in [3.05, 3.63) is 29.2 Å². The van der Waals surface area contributed by atoms with Gasteiger partial charge in [0.25, 0.3) is 0 Å². The molecule has 2 aromatic heterocycles. The molecule has 0 amide bonds. The summed E-state index contributed by atoms with van der Waals surface area (Å²) in [6.45, 7) is 7.73. The molecule has 0 atom stereocenters. The second-order valence-electron chi connectivity index (χ2n) is 5.52. The van der Waals surface area contributed by atoms with Crippen LogP contribution in [0.5, 0.6) is 0 Å². The first kappa shape index (κ1) is 15.0. The predicted octanol–water partition coefficient (Wildman–Crippen LogP) is 2.63. The Hall–Kier alpha value is -1.37. The third kappa shape index (κ3) is 4.06. The molecule has 5 nitrogen and oxygen atoms in total. The molecule has 0 aliphatic rings. The zero-order valence-electron chi connectivity index (χ0n) is 12.3. The maximum absolute atomic E-state index is 5.23. The Kier molecular flexibility index (Phi) is 4.80. The highest BCUT2D eigenvalue weighted by atomic mass is 32.1. The molecule has 20 heavy (non-hydrogen) atoms. The van der Waals surface area contributed by atoms with Crippen molar-refractivity contribution >= 4 is 11.3 Å². The molecule has 6 heteroatoms. The molecule has 0 fully saturated rings. The summed E-state index contributed by atoms with van der Waals surface area (Å²) in [5, 5.41) is 4.37. The van der Waals surface area contributed by atoms with Crippen molar-refractivity contribution in [2.45, 2.75) is 39.5 Å². The van der Waals surface area contributed by atoms with E-state index < -0.39 is 0 Å². The summed E-state index contributed by atoms with van der Waals surface area (Å²) in [7, 11) is 1.68. The van der Waals surface area contributed by atoms with Crippen molar-refractivity contribution in [2.75, 3.05) is 7.11 Å². The summed E-state index contributed by atoms with van der Waals surface area (Å²) in [5.74, 6) is 0. The van der Waals surface area contributed by atoms with E-state index in [1.165, 1.54) is 4.88 Å². The molecular formula is C14H20N4OS. The average molecular weight is 292 g/mol. The second-order valence-corrected chi connectivity index (χ2v) is 6.60. The fourth-order valence-electron chi connectivity index (χ4n) is 1.64. The standard InChI is InChI=1S/C14H20N4OS/c1-14(2,3)17-8-12-11(9-19-4)18-13(20-12)10-7-15-5-6-16-10/h5-7,17H,8-9H2,1-4H3. The molecule has 2 aromatic rings. The van der Waals surface area contributed by atoms with Gasteiger partial charge in [-0.1, -0.05) is 0 Å². The van der Waals surface area contributed by atoms with Gasteiger partial charge in [0.15, 0.2) is 0 Å². The van der Waals surface area contributed by atoms with Crippen molar-refractivity contribution in [1.29, 1.82) is 0 Å². The quantitative estimate of drug-likeness (QED) is 0.918. The van der Waals surface area contributed by atoms with E-state index in [0.717, 1.165) is 22.9 Å². The highest BCUT2D eigenvalue weighted by Crippen LogP contribution is 2.27. The predicted molar refractivity (Wildman–Crippen MR) is 80.4 cm³/mol. The lowest BCUT2D eigenvalue weighted by atomic mass is 10.1. The van der Waals surface area contributed by atoms with E-state index in [1.807, 2.05) is 0 Å². The van der Waals surface area contributed by atoms with Gasteiger partial charge in [-0.3, -0.25) is 9.97 Å². The maximum Gasteiger partial charge on any atom is 0.144 e. The molecule has 2 rings (SSSR count). The van der Waals surface area contributed by atoms with Crippen molar-refractivity contribution in [2.24, 2.45) is 0 Å². The van der Waals surface area contributed by atoms with Crippen molar-refractivity contribution in [3.8, 4) is 10.7 Å². The Morgan fingerprint density at radius 1 is 1.30 bits per heavy atom. The molecule has 0 unspecified atom stereocenters. The van der Waals surface area contributed by atoms with Gasteiger partial charge in [0, 0.05) is 36.5 Å². The number of rotatable bonds is 5. The molecule has 0 bridgehead atoms. The number of thiazole rings is 1. The molecule has 0 saturated carbocycles. The Morgan fingerprint density at radius 3 is 2.70 bits per heavy atom. The molecule has 2 heterocycles. The van der Waals surface area contributed by atoms with E-state index in [4.69, 9.17) is 4.74 Å². The van der Waals surface area contributed by atoms with Crippen LogP contribution in [0.2, 0.25) is 0 Å². The maximum atomic E-state index is 5.23. The minimum Gasteiger partial charge on any atom is -0.378 e. The number of methoxy groups -OCH3 is 1. The lowest BCUT2D eigenvalue weighted by Crippen LogP contribution is -2.35. The summed E-state index contributed by atoms with van der Waals surface area (Å²) in [6, 6.07) is 0. The van der Waals surface area contributed by atoms with Crippen LogP contribution in [0.15, 0.2) is 18.6 Å². The molecule has 1 N–H and O–H groups in total. The van der Waals surface area contributed by atoms with Gasteiger partial charge >= 0.3 is 0 Å². The van der Waals surface area contributed by atoms with E-state index in [-0.39, 0.29) is 5.54 Å². The fraction of sp³-hybridized carbons (Fsp3) is 0.500. The average Bonchev–Trinajstić information content (AvgIpc) is 2.80. The van der Waals surface area contributed by atoms with Crippen LogP contribution in [-0.2, 0) is 17.9 Å². The molecular weight excluding hydrogens is 272 g/mol. The Morgan fingerprint density at radius 2 is 2.10 bits per heavy atom. The van der Waals surface area contributed by atoms with E-state index >= 15 is 0 Å². The summed E-state index contributed by atoms with van der Waals surface area (Å²) >= 11 is 1.64. The van der Waals surface area contributed by atoms with Crippen LogP contribution in [-0.4, -0.2) is 27.6 Å². The van der Waals surface area contributed by atoms with Crippen molar-refractivity contribution < 1.29 is 4.74 Å². The highest BCUT2D eigenvalue weighted by Gasteiger charge is 2.16. The minimum absolute atomic E-state index is 0.0705. The molecule has 0 saturated heterocycles. The van der Waals surface area contributed by atoms with E-state index in [1.54, 1.807) is 37.0 Å². The van der Waals surface area contributed by atoms with Gasteiger partial charge in [0.1, 0.15) is 10.7 Å². The normalized spacial score (nSPS) is 11.8. The van der Waals surface area contributed by atoms with Crippen molar-refractivity contribution in [1.82, 2.24) is 20.3 Å². The largest absolute Gasteiger partial charge is 0.378 e. The molecule has 0 aromatic carbocycles. The molecule has 108 valence electrons. The Labute approximate surface area is 123 Å². The molecule has 0 spiro atoms. The Bertz CT molecular complexity index is 548. The number of nitrogens with one attached hydrogen (secondary N) is 1. The third-order valence-corrected chi connectivity index (χ3v) is 3.74. The molecule has 0 aliphatic carbocycles. The monoisotopic (exact) mass is 292 g/mol. The first-order valence-corrected chi connectivity index (χ1v) is 7.30. The third-order valence-electron chi connectivity index (χ3n) is 2.62. The second kappa shape index (κ2) is 6.39. The number of ether oxygens (including phenoxy) is 1. The summed E-state index contributed by atoms with van der Waals surface area (Å²) in [5.41, 5.74) is 1.84. The number of hydrogen-bond donors (Lipinski definition) is 1. The van der Waals surface area contributed by atoms with Gasteiger partial charge in [0.05, 0.1) is 18.5 Å². The van der Waals surface area contributed by atoms with Gasteiger partial charge < -0.3 is 10.1 Å². The number of aromatic nitrogens is 3. The van der Waals surface area contributed by atoms with Gasteiger partial charge in [-0.25, -0.2) is 4.98 Å². The Balaban J connectivity index is 2.24. The van der Waals surface area contributed by atoms with E-state index in [9.17, 15) is 0 Å². The smallest absolute Gasteiger partial charge is 0.144 e. The molecule has 0 aliphatic heterocycles. The number of nitrogens with zero attached hydrogens (tertiary/aromatic N) is 3. The fourth-order valence-corrected chi connectivity index (χ4v) is 2.60. The van der Waals surface area contributed by atoms with E-state index in [2.05, 4.69) is 41.0 Å². The van der Waals surface area contributed by atoms with Crippen LogP contribution in [0, 0.1) is 0 Å². The van der Waals surface area contributed by atoms with Gasteiger partial charge in [0.2, 0.25) is 0 Å². The summed E-state index contributed by atoms with van der Waals surface area (Å²) in [4.78, 5) is 14.2. The summed E-state index contributed by atoms with van der Waals surface area (Å²) in [6.07, 6.45) is 5.07. The van der Waals surface area contributed by atoms with Gasteiger partial charge in [-0.15, -0.1) is 11.3 Å². The molecule has 0 radical (unpaired) electrons.